The number of thioether (sulfide) groups is 1. The van der Waals surface area contributed by atoms with E-state index >= 15 is 0 Å². The second kappa shape index (κ2) is 7.63. The third kappa shape index (κ3) is 3.85. The Labute approximate surface area is 160 Å². The summed E-state index contributed by atoms with van der Waals surface area (Å²) in [5, 5.41) is 9.18. The van der Waals surface area contributed by atoms with E-state index in [1.807, 2.05) is 66.7 Å². The van der Waals surface area contributed by atoms with Crippen LogP contribution in [0.2, 0.25) is 0 Å². The molecule has 0 saturated carbocycles. The predicted octanol–water partition coefficient (Wildman–Crippen LogP) is 2.08. The van der Waals surface area contributed by atoms with E-state index in [4.69, 9.17) is 0 Å². The van der Waals surface area contributed by atoms with Crippen molar-refractivity contribution in [1.29, 1.82) is 0 Å². The molecule has 4 rings (SSSR count). The summed E-state index contributed by atoms with van der Waals surface area (Å²) in [4.78, 5) is 24.6. The summed E-state index contributed by atoms with van der Waals surface area (Å²) < 4.78 is 1.52. The highest BCUT2D eigenvalue weighted by atomic mass is 32.2. The fraction of sp³-hybridized carbons (Fsp3) is 0.158. The van der Waals surface area contributed by atoms with Gasteiger partial charge in [0, 0.05) is 0 Å². The number of para-hydroxylation sites is 1. The smallest absolute Gasteiger partial charge is 0.260 e. The molecule has 1 aromatic heterocycles. The van der Waals surface area contributed by atoms with Gasteiger partial charge in [0.15, 0.2) is 0 Å². The molecule has 2 amide bonds. The minimum atomic E-state index is -0.320. The van der Waals surface area contributed by atoms with Crippen LogP contribution in [0.25, 0.3) is 17.1 Å². The standard InChI is InChI=1S/C19H17N5O2S/c25-17(12-23-16-9-5-4-8-15(16)20-22-23)21-24-18(26)13-27-19(24)11-10-14-6-2-1-3-7-14/h1-11,19H,12-13H2,(H,21,25)/b11-10+. The molecule has 2 aromatic carbocycles. The molecule has 1 fully saturated rings. The van der Waals surface area contributed by atoms with Crippen molar-refractivity contribution >= 4 is 40.7 Å². The topological polar surface area (TPSA) is 80.1 Å². The molecule has 1 unspecified atom stereocenters. The fourth-order valence-corrected chi connectivity index (χ4v) is 3.77. The highest BCUT2D eigenvalue weighted by Crippen LogP contribution is 2.25. The van der Waals surface area contributed by atoms with Crippen LogP contribution in [0.4, 0.5) is 0 Å². The maximum atomic E-state index is 12.4. The molecule has 0 bridgehead atoms. The lowest BCUT2D eigenvalue weighted by Crippen LogP contribution is -2.48. The lowest BCUT2D eigenvalue weighted by atomic mass is 10.2. The highest BCUT2D eigenvalue weighted by molar-refractivity contribution is 8.01. The van der Waals surface area contributed by atoms with Crippen LogP contribution in [-0.4, -0.2) is 42.9 Å². The van der Waals surface area contributed by atoms with Crippen molar-refractivity contribution in [3.63, 3.8) is 0 Å². The summed E-state index contributed by atoms with van der Waals surface area (Å²) >= 11 is 1.47. The van der Waals surface area contributed by atoms with Crippen LogP contribution in [0.5, 0.6) is 0 Å². The molecule has 0 spiro atoms. The Bertz CT molecular complexity index is 1000. The number of carbonyl (C=O) groups is 2. The first-order chi connectivity index (χ1) is 13.2. The van der Waals surface area contributed by atoms with Crippen molar-refractivity contribution in [1.82, 2.24) is 25.4 Å². The molecule has 3 aromatic rings. The highest BCUT2D eigenvalue weighted by Gasteiger charge is 2.31. The number of amides is 2. The number of hydrogen-bond donors (Lipinski definition) is 1. The van der Waals surface area contributed by atoms with Crippen molar-refractivity contribution in [3.05, 3.63) is 66.2 Å². The average Bonchev–Trinajstić information content (AvgIpc) is 3.25. The number of hydrazine groups is 1. The average molecular weight is 379 g/mol. The quantitative estimate of drug-likeness (QED) is 0.734. The van der Waals surface area contributed by atoms with Crippen molar-refractivity contribution < 1.29 is 9.59 Å². The number of hydrogen-bond acceptors (Lipinski definition) is 5. The third-order valence-corrected chi connectivity index (χ3v) is 5.24. The van der Waals surface area contributed by atoms with Gasteiger partial charge in [-0.05, 0) is 23.8 Å². The molecule has 2 heterocycles. The molecule has 1 N–H and O–H groups in total. The zero-order valence-corrected chi connectivity index (χ0v) is 15.2. The molecule has 136 valence electrons. The van der Waals surface area contributed by atoms with Crippen molar-refractivity contribution in [2.24, 2.45) is 0 Å². The molecular weight excluding hydrogens is 362 g/mol. The monoisotopic (exact) mass is 379 g/mol. The summed E-state index contributed by atoms with van der Waals surface area (Å²) in [5.41, 5.74) is 5.24. The van der Waals surface area contributed by atoms with Crippen LogP contribution in [0.15, 0.2) is 60.7 Å². The first-order valence-electron chi connectivity index (χ1n) is 8.45. The van der Waals surface area contributed by atoms with Gasteiger partial charge < -0.3 is 0 Å². The Kier molecular flexibility index (Phi) is 4.88. The molecule has 7 nitrogen and oxygen atoms in total. The summed E-state index contributed by atoms with van der Waals surface area (Å²) in [6.45, 7) is -0.00984. The van der Waals surface area contributed by atoms with Gasteiger partial charge in [0.2, 0.25) is 0 Å². The molecule has 27 heavy (non-hydrogen) atoms. The SMILES string of the molecule is O=C(Cn1nnc2ccccc21)NN1C(=O)CSC1/C=C/c1ccccc1. The Morgan fingerprint density at radius 2 is 1.96 bits per heavy atom. The normalized spacial score (nSPS) is 17.1. The van der Waals surface area contributed by atoms with E-state index in [-0.39, 0.29) is 23.7 Å². The van der Waals surface area contributed by atoms with Gasteiger partial charge >= 0.3 is 0 Å². The van der Waals surface area contributed by atoms with Gasteiger partial charge in [0.25, 0.3) is 11.8 Å². The van der Waals surface area contributed by atoms with Crippen molar-refractivity contribution in [2.45, 2.75) is 11.9 Å². The van der Waals surface area contributed by atoms with Crippen LogP contribution in [0, 0.1) is 0 Å². The van der Waals surface area contributed by atoms with E-state index in [1.54, 1.807) is 0 Å². The maximum absolute atomic E-state index is 12.4. The maximum Gasteiger partial charge on any atom is 0.260 e. The van der Waals surface area contributed by atoms with Gasteiger partial charge in [0.1, 0.15) is 17.4 Å². The molecule has 1 aliphatic heterocycles. The minimum absolute atomic E-state index is 0.00984. The summed E-state index contributed by atoms with van der Waals surface area (Å²) in [6.07, 6.45) is 3.86. The number of rotatable bonds is 5. The van der Waals surface area contributed by atoms with E-state index in [9.17, 15) is 9.59 Å². The van der Waals surface area contributed by atoms with Crippen LogP contribution >= 0.6 is 11.8 Å². The molecule has 0 aliphatic carbocycles. The number of aromatic nitrogens is 3. The van der Waals surface area contributed by atoms with E-state index < -0.39 is 0 Å². The van der Waals surface area contributed by atoms with Crippen molar-refractivity contribution in [3.8, 4) is 0 Å². The van der Waals surface area contributed by atoms with Crippen LogP contribution in [0.3, 0.4) is 0 Å². The molecular formula is C19H17N5O2S. The second-order valence-electron chi connectivity index (χ2n) is 6.01. The predicted molar refractivity (Wildman–Crippen MR) is 104 cm³/mol. The summed E-state index contributed by atoms with van der Waals surface area (Å²) in [5.74, 6) is -0.116. The van der Waals surface area contributed by atoms with Crippen LogP contribution in [-0.2, 0) is 16.1 Å². The summed E-state index contributed by atoms with van der Waals surface area (Å²) in [6, 6.07) is 17.2. The molecule has 1 saturated heterocycles. The third-order valence-electron chi connectivity index (χ3n) is 4.11. The van der Waals surface area contributed by atoms with E-state index in [0.29, 0.717) is 5.75 Å². The first-order valence-corrected chi connectivity index (χ1v) is 9.50. The van der Waals surface area contributed by atoms with Crippen LogP contribution in [0.1, 0.15) is 5.56 Å². The zero-order chi connectivity index (χ0) is 18.6. The zero-order valence-electron chi connectivity index (χ0n) is 14.4. The van der Waals surface area contributed by atoms with E-state index in [2.05, 4.69) is 15.7 Å². The largest absolute Gasteiger partial charge is 0.272 e. The molecule has 1 atom stereocenters. The lowest BCUT2D eigenvalue weighted by Gasteiger charge is -2.22. The van der Waals surface area contributed by atoms with Gasteiger partial charge in [-0.2, -0.15) is 0 Å². The van der Waals surface area contributed by atoms with Crippen molar-refractivity contribution in [2.75, 3.05) is 5.75 Å². The molecule has 1 aliphatic rings. The Morgan fingerprint density at radius 1 is 1.19 bits per heavy atom. The summed E-state index contributed by atoms with van der Waals surface area (Å²) in [7, 11) is 0. The van der Waals surface area contributed by atoms with Gasteiger partial charge in [-0.3, -0.25) is 15.0 Å². The van der Waals surface area contributed by atoms with Gasteiger partial charge in [0.05, 0.1) is 11.3 Å². The molecule has 0 radical (unpaired) electrons. The lowest BCUT2D eigenvalue weighted by molar-refractivity contribution is -0.138. The molecule has 8 heteroatoms. The number of fused-ring (bicyclic) bond motifs is 1. The van der Waals surface area contributed by atoms with Gasteiger partial charge in [-0.15, -0.1) is 16.9 Å². The van der Waals surface area contributed by atoms with Gasteiger partial charge in [-0.1, -0.05) is 53.8 Å². The second-order valence-corrected chi connectivity index (χ2v) is 7.11. The van der Waals surface area contributed by atoms with E-state index in [0.717, 1.165) is 16.6 Å². The Balaban J connectivity index is 1.44. The first kappa shape index (κ1) is 17.3. The van der Waals surface area contributed by atoms with Gasteiger partial charge in [-0.25, -0.2) is 9.69 Å². The van der Waals surface area contributed by atoms with E-state index in [1.165, 1.54) is 21.5 Å². The van der Waals surface area contributed by atoms with Crippen LogP contribution < -0.4 is 5.43 Å². The number of nitrogens with zero attached hydrogens (tertiary/aromatic N) is 4. The Hall–Kier alpha value is -3.13. The number of nitrogens with one attached hydrogen (secondary N) is 1. The number of benzene rings is 2. The fourth-order valence-electron chi connectivity index (χ4n) is 2.81. The Morgan fingerprint density at radius 3 is 2.81 bits per heavy atom. The minimum Gasteiger partial charge on any atom is -0.272 e. The number of carbonyl (C=O) groups excluding carboxylic acids is 2.